The fraction of sp³-hybridized carbons (Fsp3) is 0.115. The van der Waals surface area contributed by atoms with Crippen molar-refractivity contribution in [1.29, 1.82) is 0 Å². The van der Waals surface area contributed by atoms with Crippen LogP contribution in [0, 0.1) is 6.92 Å². The molecule has 5 aromatic rings. The number of carbonyl (C=O) groups is 1. The maximum absolute atomic E-state index is 13.6. The minimum atomic E-state index is -3.99. The third-order valence-corrected chi connectivity index (χ3v) is 7.50. The normalized spacial score (nSPS) is 11.7. The van der Waals surface area contributed by atoms with E-state index in [1.54, 1.807) is 54.6 Å². The fourth-order valence-electron chi connectivity index (χ4n) is 3.98. The van der Waals surface area contributed by atoms with Crippen molar-refractivity contribution in [2.75, 3.05) is 12.3 Å². The van der Waals surface area contributed by atoms with Gasteiger partial charge in [-0.25, -0.2) is 23.2 Å². The summed E-state index contributed by atoms with van der Waals surface area (Å²) in [6.45, 7) is 1.97. The lowest BCUT2D eigenvalue weighted by Crippen LogP contribution is -2.14. The quantitative estimate of drug-likeness (QED) is 0.358. The lowest BCUT2D eigenvalue weighted by molar-refractivity contribution is 0.0492. The minimum absolute atomic E-state index is 0.00855. The van der Waals surface area contributed by atoms with Crippen LogP contribution in [0.1, 0.15) is 15.9 Å². The lowest BCUT2D eigenvalue weighted by Gasteiger charge is -2.09. The molecule has 35 heavy (non-hydrogen) atoms. The Balaban J connectivity index is 1.57. The topological polar surface area (TPSA) is 117 Å². The maximum Gasteiger partial charge on any atom is 0.338 e. The molecule has 0 fully saturated rings. The number of nitrogens with zero attached hydrogens (tertiary/aromatic N) is 3. The molecule has 0 amide bonds. The first-order valence-corrected chi connectivity index (χ1v) is 12.4. The van der Waals surface area contributed by atoms with Gasteiger partial charge >= 0.3 is 5.97 Å². The summed E-state index contributed by atoms with van der Waals surface area (Å²) in [5.41, 5.74) is 9.42. The van der Waals surface area contributed by atoms with Crippen molar-refractivity contribution in [2.45, 2.75) is 23.3 Å². The maximum atomic E-state index is 13.6. The first-order chi connectivity index (χ1) is 16.9. The summed E-state index contributed by atoms with van der Waals surface area (Å²) in [7, 11) is -3.99. The number of benzene rings is 3. The number of ether oxygens (including phenoxy) is 1. The molecule has 0 bridgehead atoms. The molecule has 0 aliphatic heterocycles. The summed E-state index contributed by atoms with van der Waals surface area (Å²) in [6, 6.07) is 22.3. The van der Waals surface area contributed by atoms with Crippen molar-refractivity contribution < 1.29 is 17.9 Å². The van der Waals surface area contributed by atoms with Crippen molar-refractivity contribution in [3.05, 3.63) is 90.0 Å². The molecule has 0 aliphatic carbocycles. The van der Waals surface area contributed by atoms with Crippen LogP contribution in [0.15, 0.2) is 88.7 Å². The molecule has 0 radical (unpaired) electrons. The van der Waals surface area contributed by atoms with E-state index in [4.69, 9.17) is 10.5 Å². The number of carbonyl (C=O) groups excluding carboxylic acids is 1. The number of fused-ring (bicyclic) bond motifs is 2. The Morgan fingerprint density at radius 1 is 0.943 bits per heavy atom. The van der Waals surface area contributed by atoms with Gasteiger partial charge in [0, 0.05) is 0 Å². The summed E-state index contributed by atoms with van der Waals surface area (Å²) >= 11 is 0. The Bertz CT molecular complexity index is 1680. The van der Waals surface area contributed by atoms with Gasteiger partial charge in [0.05, 0.1) is 28.0 Å². The molecule has 0 aliphatic rings. The molecule has 176 valence electrons. The fourth-order valence-corrected chi connectivity index (χ4v) is 5.51. The summed E-state index contributed by atoms with van der Waals surface area (Å²) in [6.07, 6.45) is 0. The summed E-state index contributed by atoms with van der Waals surface area (Å²) in [4.78, 5) is 21.7. The van der Waals surface area contributed by atoms with Gasteiger partial charge in [-0.05, 0) is 43.3 Å². The number of hydrogen-bond donors (Lipinski definition) is 1. The molecule has 3 aromatic carbocycles. The number of sulfone groups is 1. The average Bonchev–Trinajstić information content (AvgIpc) is 3.13. The average molecular weight is 487 g/mol. The second kappa shape index (κ2) is 8.84. The first kappa shape index (κ1) is 22.5. The van der Waals surface area contributed by atoms with Crippen LogP contribution in [0.3, 0.4) is 0 Å². The molecule has 0 saturated carbocycles. The van der Waals surface area contributed by atoms with E-state index >= 15 is 0 Å². The molecule has 0 spiro atoms. The van der Waals surface area contributed by atoms with Crippen LogP contribution < -0.4 is 5.73 Å². The zero-order valence-electron chi connectivity index (χ0n) is 18.9. The van der Waals surface area contributed by atoms with Crippen LogP contribution in [0.4, 0.5) is 5.82 Å². The van der Waals surface area contributed by atoms with Crippen LogP contribution in [0.25, 0.3) is 22.2 Å². The zero-order valence-corrected chi connectivity index (χ0v) is 19.7. The highest BCUT2D eigenvalue weighted by Gasteiger charge is 2.30. The second-order valence-electron chi connectivity index (χ2n) is 8.07. The predicted octanol–water partition coefficient (Wildman–Crippen LogP) is 4.16. The minimum Gasteiger partial charge on any atom is -0.460 e. The third-order valence-electron chi connectivity index (χ3n) is 5.67. The monoisotopic (exact) mass is 486 g/mol. The lowest BCUT2D eigenvalue weighted by atomic mass is 10.1. The Morgan fingerprint density at radius 3 is 2.34 bits per heavy atom. The van der Waals surface area contributed by atoms with Gasteiger partial charge in [0.15, 0.2) is 5.65 Å². The Kier molecular flexibility index (Phi) is 5.70. The molecular formula is C26H22N4O4S. The molecule has 2 N–H and O–H groups in total. The van der Waals surface area contributed by atoms with Crippen LogP contribution in [0.2, 0.25) is 0 Å². The van der Waals surface area contributed by atoms with Gasteiger partial charge in [0.25, 0.3) is 0 Å². The van der Waals surface area contributed by atoms with Crippen LogP contribution in [0.5, 0.6) is 0 Å². The van der Waals surface area contributed by atoms with E-state index < -0.39 is 15.8 Å². The van der Waals surface area contributed by atoms with Gasteiger partial charge < -0.3 is 15.0 Å². The standard InChI is InChI=1S/C26H22N4O4S/c1-17-8-7-9-18(16-17)26(31)34-15-14-30-24(27)23(35(32,33)19-10-3-2-4-11-19)22-25(30)29-21-13-6-5-12-20(21)28-22/h2-13,16H,14-15,27H2,1H3. The Morgan fingerprint density at radius 2 is 1.63 bits per heavy atom. The number of esters is 1. The number of para-hydroxylation sites is 2. The van der Waals surface area contributed by atoms with E-state index in [0.29, 0.717) is 22.2 Å². The predicted molar refractivity (Wildman–Crippen MR) is 133 cm³/mol. The highest BCUT2D eigenvalue weighted by molar-refractivity contribution is 7.92. The van der Waals surface area contributed by atoms with Crippen molar-refractivity contribution in [3.63, 3.8) is 0 Å². The van der Waals surface area contributed by atoms with E-state index in [-0.39, 0.29) is 34.3 Å². The molecule has 8 nitrogen and oxygen atoms in total. The number of rotatable bonds is 6. The third kappa shape index (κ3) is 4.10. The van der Waals surface area contributed by atoms with Gasteiger partial charge in [-0.1, -0.05) is 48.0 Å². The van der Waals surface area contributed by atoms with Crippen LogP contribution >= 0.6 is 0 Å². The highest BCUT2D eigenvalue weighted by Crippen LogP contribution is 2.35. The van der Waals surface area contributed by atoms with Crippen LogP contribution in [-0.2, 0) is 21.1 Å². The van der Waals surface area contributed by atoms with Gasteiger partial charge in [-0.15, -0.1) is 0 Å². The molecule has 0 atom stereocenters. The Hall–Kier alpha value is -4.24. The zero-order chi connectivity index (χ0) is 24.6. The number of hydrogen-bond acceptors (Lipinski definition) is 7. The molecule has 0 saturated heterocycles. The van der Waals surface area contributed by atoms with Crippen molar-refractivity contribution in [2.24, 2.45) is 0 Å². The number of aryl methyl sites for hydroxylation is 1. The molecular weight excluding hydrogens is 464 g/mol. The van der Waals surface area contributed by atoms with E-state index in [1.807, 2.05) is 19.1 Å². The second-order valence-corrected chi connectivity index (χ2v) is 9.96. The van der Waals surface area contributed by atoms with Crippen molar-refractivity contribution in [1.82, 2.24) is 14.5 Å². The van der Waals surface area contributed by atoms with Gasteiger partial charge in [0.2, 0.25) is 9.84 Å². The van der Waals surface area contributed by atoms with Crippen molar-refractivity contribution in [3.8, 4) is 0 Å². The smallest absolute Gasteiger partial charge is 0.338 e. The highest BCUT2D eigenvalue weighted by atomic mass is 32.2. The van der Waals surface area contributed by atoms with E-state index in [1.165, 1.54) is 16.7 Å². The van der Waals surface area contributed by atoms with Gasteiger partial charge in [-0.3, -0.25) is 0 Å². The summed E-state index contributed by atoms with van der Waals surface area (Å²) < 4.78 is 34.1. The molecule has 0 unspecified atom stereocenters. The number of nitrogen functional groups attached to an aromatic ring is 1. The molecule has 2 heterocycles. The number of aromatic nitrogens is 3. The molecule has 5 rings (SSSR count). The number of nitrogens with two attached hydrogens (primary N) is 1. The van der Waals surface area contributed by atoms with Crippen LogP contribution in [-0.4, -0.2) is 35.5 Å². The van der Waals surface area contributed by atoms with E-state index in [2.05, 4.69) is 9.97 Å². The van der Waals surface area contributed by atoms with E-state index in [9.17, 15) is 13.2 Å². The largest absolute Gasteiger partial charge is 0.460 e. The van der Waals surface area contributed by atoms with Crippen molar-refractivity contribution >= 4 is 43.8 Å². The SMILES string of the molecule is Cc1cccc(C(=O)OCCn2c(N)c(S(=O)(=O)c3ccccc3)c3nc4ccccc4nc32)c1. The number of anilines is 1. The van der Waals surface area contributed by atoms with E-state index in [0.717, 1.165) is 5.56 Å². The summed E-state index contributed by atoms with van der Waals surface area (Å²) in [5, 5.41) is 0. The molecule has 9 heteroatoms. The van der Waals surface area contributed by atoms with Gasteiger partial charge in [0.1, 0.15) is 22.8 Å². The van der Waals surface area contributed by atoms with Gasteiger partial charge in [-0.2, -0.15) is 0 Å². The summed E-state index contributed by atoms with van der Waals surface area (Å²) in [5.74, 6) is -0.483. The molecule has 2 aromatic heterocycles. The first-order valence-electron chi connectivity index (χ1n) is 10.9. The Labute approximate surface area is 201 Å².